The lowest BCUT2D eigenvalue weighted by molar-refractivity contribution is 0.0954. The molecular formula is C17H19Cl2N3O. The molecular weight excluding hydrogens is 333 g/mol. The van der Waals surface area contributed by atoms with Crippen molar-refractivity contribution in [1.29, 1.82) is 0 Å². The van der Waals surface area contributed by atoms with Crippen LogP contribution in [-0.2, 0) is 6.42 Å². The molecule has 0 saturated carbocycles. The second-order valence-electron chi connectivity index (χ2n) is 5.13. The van der Waals surface area contributed by atoms with Gasteiger partial charge in [0.1, 0.15) is 0 Å². The van der Waals surface area contributed by atoms with E-state index in [0.717, 1.165) is 24.2 Å². The van der Waals surface area contributed by atoms with E-state index in [-0.39, 0.29) is 5.91 Å². The quantitative estimate of drug-likeness (QED) is 0.786. The van der Waals surface area contributed by atoms with Crippen LogP contribution in [-0.4, -0.2) is 24.0 Å². The topological polar surface area (TPSA) is 54.0 Å². The normalized spacial score (nSPS) is 10.4. The van der Waals surface area contributed by atoms with Crippen LogP contribution < -0.4 is 10.6 Å². The maximum Gasteiger partial charge on any atom is 0.252 e. The minimum Gasteiger partial charge on any atom is -0.384 e. The van der Waals surface area contributed by atoms with E-state index in [1.807, 2.05) is 6.07 Å². The highest BCUT2D eigenvalue weighted by Crippen LogP contribution is 2.21. The highest BCUT2D eigenvalue weighted by Gasteiger charge is 2.07. The summed E-state index contributed by atoms with van der Waals surface area (Å²) in [5, 5.41) is 7.30. The largest absolute Gasteiger partial charge is 0.384 e. The van der Waals surface area contributed by atoms with Crippen molar-refractivity contribution in [3.05, 3.63) is 57.8 Å². The van der Waals surface area contributed by atoms with Crippen LogP contribution in [0.3, 0.4) is 0 Å². The molecule has 0 unspecified atom stereocenters. The number of carbonyl (C=O) groups excluding carboxylic acids is 1. The SMILES string of the molecule is CCCNc1cncc(C(=O)NCCc2ccc(Cl)cc2Cl)c1. The molecule has 0 radical (unpaired) electrons. The maximum atomic E-state index is 12.2. The summed E-state index contributed by atoms with van der Waals surface area (Å²) < 4.78 is 0. The van der Waals surface area contributed by atoms with E-state index < -0.39 is 0 Å². The van der Waals surface area contributed by atoms with Gasteiger partial charge in [0.15, 0.2) is 0 Å². The predicted octanol–water partition coefficient (Wildman–Crippen LogP) is 4.18. The van der Waals surface area contributed by atoms with Gasteiger partial charge in [-0.1, -0.05) is 36.2 Å². The van der Waals surface area contributed by atoms with Gasteiger partial charge in [0.2, 0.25) is 0 Å². The van der Waals surface area contributed by atoms with Gasteiger partial charge in [0.25, 0.3) is 5.91 Å². The summed E-state index contributed by atoms with van der Waals surface area (Å²) in [5.41, 5.74) is 2.33. The molecule has 6 heteroatoms. The Labute approximate surface area is 146 Å². The van der Waals surface area contributed by atoms with E-state index in [2.05, 4.69) is 22.5 Å². The van der Waals surface area contributed by atoms with Crippen molar-refractivity contribution in [2.45, 2.75) is 19.8 Å². The third-order valence-electron chi connectivity index (χ3n) is 3.27. The zero-order chi connectivity index (χ0) is 16.7. The van der Waals surface area contributed by atoms with E-state index >= 15 is 0 Å². The highest BCUT2D eigenvalue weighted by atomic mass is 35.5. The molecule has 0 aliphatic carbocycles. The monoisotopic (exact) mass is 351 g/mol. The van der Waals surface area contributed by atoms with Crippen molar-refractivity contribution in [2.24, 2.45) is 0 Å². The number of nitrogens with one attached hydrogen (secondary N) is 2. The number of nitrogens with zero attached hydrogens (tertiary/aromatic N) is 1. The van der Waals surface area contributed by atoms with E-state index in [9.17, 15) is 4.79 Å². The number of benzene rings is 1. The standard InChI is InChI=1S/C17H19Cl2N3O/c1-2-6-21-15-8-13(10-20-11-15)17(23)22-7-5-12-3-4-14(18)9-16(12)19/h3-4,8-11,21H,2,5-7H2,1H3,(H,22,23). The lowest BCUT2D eigenvalue weighted by Gasteiger charge is -2.09. The second-order valence-corrected chi connectivity index (χ2v) is 5.97. The van der Waals surface area contributed by atoms with Crippen molar-refractivity contribution in [1.82, 2.24) is 10.3 Å². The molecule has 0 saturated heterocycles. The first-order chi connectivity index (χ1) is 11.1. The average molecular weight is 352 g/mol. The molecule has 0 bridgehead atoms. The molecule has 1 aromatic heterocycles. The summed E-state index contributed by atoms with van der Waals surface area (Å²) in [6, 6.07) is 7.16. The van der Waals surface area contributed by atoms with Crippen LogP contribution in [0.25, 0.3) is 0 Å². The van der Waals surface area contributed by atoms with Crippen LogP contribution >= 0.6 is 23.2 Å². The summed E-state index contributed by atoms with van der Waals surface area (Å²) in [7, 11) is 0. The molecule has 0 aliphatic rings. The van der Waals surface area contributed by atoms with Crippen molar-refractivity contribution in [3.8, 4) is 0 Å². The summed E-state index contributed by atoms with van der Waals surface area (Å²) in [4.78, 5) is 16.3. The number of carbonyl (C=O) groups is 1. The van der Waals surface area contributed by atoms with Crippen molar-refractivity contribution >= 4 is 34.8 Å². The van der Waals surface area contributed by atoms with Gasteiger partial charge < -0.3 is 10.6 Å². The Hall–Kier alpha value is -1.78. The maximum absolute atomic E-state index is 12.2. The van der Waals surface area contributed by atoms with Crippen LogP contribution in [0, 0.1) is 0 Å². The number of pyridine rings is 1. The molecule has 1 heterocycles. The summed E-state index contributed by atoms with van der Waals surface area (Å²) in [5.74, 6) is -0.150. The van der Waals surface area contributed by atoms with Crippen molar-refractivity contribution < 1.29 is 4.79 Å². The van der Waals surface area contributed by atoms with Crippen LogP contribution in [0.15, 0.2) is 36.7 Å². The average Bonchev–Trinajstić information content (AvgIpc) is 2.55. The van der Waals surface area contributed by atoms with Gasteiger partial charge in [-0.25, -0.2) is 0 Å². The molecule has 0 fully saturated rings. The Morgan fingerprint density at radius 3 is 2.74 bits per heavy atom. The molecule has 2 aromatic rings. The Balaban J connectivity index is 1.89. The fourth-order valence-corrected chi connectivity index (χ4v) is 2.57. The number of hydrogen-bond donors (Lipinski definition) is 2. The van der Waals surface area contributed by atoms with Gasteiger partial charge in [-0.05, 0) is 36.6 Å². The van der Waals surface area contributed by atoms with Gasteiger partial charge in [0, 0.05) is 35.5 Å². The molecule has 0 atom stereocenters. The molecule has 0 spiro atoms. The fraction of sp³-hybridized carbons (Fsp3) is 0.294. The van der Waals surface area contributed by atoms with Gasteiger partial charge in [-0.3, -0.25) is 9.78 Å². The van der Waals surface area contributed by atoms with E-state index in [4.69, 9.17) is 23.2 Å². The highest BCUT2D eigenvalue weighted by molar-refractivity contribution is 6.35. The molecule has 23 heavy (non-hydrogen) atoms. The van der Waals surface area contributed by atoms with Gasteiger partial charge in [-0.2, -0.15) is 0 Å². The first-order valence-corrected chi connectivity index (χ1v) is 8.26. The van der Waals surface area contributed by atoms with E-state index in [1.54, 1.807) is 30.6 Å². The smallest absolute Gasteiger partial charge is 0.252 e. The molecule has 0 aliphatic heterocycles. The predicted molar refractivity (Wildman–Crippen MR) is 95.5 cm³/mol. The zero-order valence-corrected chi connectivity index (χ0v) is 14.4. The first kappa shape index (κ1) is 17.6. The van der Waals surface area contributed by atoms with E-state index in [0.29, 0.717) is 28.6 Å². The summed E-state index contributed by atoms with van der Waals surface area (Å²) in [6.07, 6.45) is 4.92. The third kappa shape index (κ3) is 5.41. The lowest BCUT2D eigenvalue weighted by Crippen LogP contribution is -2.26. The minimum atomic E-state index is -0.150. The number of anilines is 1. The van der Waals surface area contributed by atoms with Gasteiger partial charge in [-0.15, -0.1) is 0 Å². The number of halogens is 2. The number of rotatable bonds is 7. The molecule has 1 aromatic carbocycles. The second kappa shape index (κ2) is 8.75. The molecule has 122 valence electrons. The van der Waals surface area contributed by atoms with Gasteiger partial charge >= 0.3 is 0 Å². The minimum absolute atomic E-state index is 0.150. The van der Waals surface area contributed by atoms with Crippen LogP contribution in [0.2, 0.25) is 10.0 Å². The Morgan fingerprint density at radius 2 is 2.00 bits per heavy atom. The Morgan fingerprint density at radius 1 is 1.17 bits per heavy atom. The Kier molecular flexibility index (Phi) is 6.68. The van der Waals surface area contributed by atoms with Crippen LogP contribution in [0.4, 0.5) is 5.69 Å². The van der Waals surface area contributed by atoms with Crippen LogP contribution in [0.1, 0.15) is 29.3 Å². The summed E-state index contributed by atoms with van der Waals surface area (Å²) in [6.45, 7) is 3.42. The van der Waals surface area contributed by atoms with Crippen LogP contribution in [0.5, 0.6) is 0 Å². The third-order valence-corrected chi connectivity index (χ3v) is 3.86. The number of aromatic nitrogens is 1. The van der Waals surface area contributed by atoms with Crippen molar-refractivity contribution in [3.63, 3.8) is 0 Å². The first-order valence-electron chi connectivity index (χ1n) is 7.51. The number of amides is 1. The fourth-order valence-electron chi connectivity index (χ4n) is 2.07. The lowest BCUT2D eigenvalue weighted by atomic mass is 10.1. The molecule has 2 N–H and O–H groups in total. The van der Waals surface area contributed by atoms with E-state index in [1.165, 1.54) is 0 Å². The van der Waals surface area contributed by atoms with Gasteiger partial charge in [0.05, 0.1) is 11.3 Å². The Bertz CT molecular complexity index is 677. The molecule has 4 nitrogen and oxygen atoms in total. The molecule has 1 amide bonds. The summed E-state index contributed by atoms with van der Waals surface area (Å²) >= 11 is 12.0. The van der Waals surface area contributed by atoms with Crippen molar-refractivity contribution in [2.75, 3.05) is 18.4 Å². The number of hydrogen-bond acceptors (Lipinski definition) is 3. The zero-order valence-electron chi connectivity index (χ0n) is 12.9. The molecule has 2 rings (SSSR count).